The molecule has 4 aliphatic rings. The molecule has 2 saturated heterocycles. The molecule has 8 heterocycles. The van der Waals surface area contributed by atoms with Crippen molar-refractivity contribution < 1.29 is 53.0 Å². The number of nitrogens with one attached hydrogen (secondary N) is 4. The van der Waals surface area contributed by atoms with Gasteiger partial charge in [-0.15, -0.1) is 0 Å². The van der Waals surface area contributed by atoms with Crippen molar-refractivity contribution in [3.05, 3.63) is 216 Å². The Morgan fingerprint density at radius 1 is 0.509 bits per heavy atom. The van der Waals surface area contributed by atoms with Crippen LogP contribution >= 0.6 is 68.7 Å². The van der Waals surface area contributed by atoms with Gasteiger partial charge < -0.3 is 56.5 Å². The van der Waals surface area contributed by atoms with E-state index in [0.29, 0.717) is 57.2 Å². The fourth-order valence-corrected chi connectivity index (χ4v) is 16.6. The molecule has 4 aliphatic heterocycles. The number of ether oxygens (including phenoxy) is 2. The number of benzene rings is 6. The second kappa shape index (κ2) is 39.4. The minimum Gasteiger partial charge on any atom is -0.495 e. The Kier molecular flexibility index (Phi) is 30.8. The number of halogens is 6. The van der Waals surface area contributed by atoms with Crippen molar-refractivity contribution in [1.29, 1.82) is 0 Å². The predicted octanol–water partition coefficient (Wildman–Crippen LogP) is 12.6. The number of nitrogens with two attached hydrogens (primary N) is 2. The maximum atomic E-state index is 12.8. The number of aromatic nitrogens is 8. The second-order valence-electron chi connectivity index (χ2n) is 23.6. The van der Waals surface area contributed by atoms with E-state index >= 15 is 0 Å². The summed E-state index contributed by atoms with van der Waals surface area (Å²) in [7, 11) is -2.60. The van der Waals surface area contributed by atoms with E-state index in [1.165, 1.54) is 42.3 Å². The highest BCUT2D eigenvalue weighted by Crippen LogP contribution is 2.38. The first kappa shape index (κ1) is 87.5. The number of sulfonamides is 1. The van der Waals surface area contributed by atoms with Crippen LogP contribution in [-0.4, -0.2) is 174 Å². The number of rotatable bonds is 12. The number of nitro benzene ring substituents is 2. The van der Waals surface area contributed by atoms with Crippen LogP contribution in [0.2, 0.25) is 26.2 Å². The van der Waals surface area contributed by atoms with Crippen molar-refractivity contribution in [1.82, 2.24) is 49.7 Å². The molecular weight excluding hydrogens is 1660 g/mol. The van der Waals surface area contributed by atoms with Gasteiger partial charge in [0.15, 0.2) is 39.8 Å². The first-order valence-electron chi connectivity index (χ1n) is 33.0. The number of nitrogens with zero attached hydrogens (tertiary/aromatic N) is 14. The Hall–Kier alpha value is -10.1. The Bertz CT molecular complexity index is 5520. The van der Waals surface area contributed by atoms with Crippen molar-refractivity contribution in [2.24, 2.45) is 0 Å². The smallest absolute Gasteiger partial charge is 0.289 e. The van der Waals surface area contributed by atoms with Gasteiger partial charge in [-0.2, -0.15) is 4.98 Å². The van der Waals surface area contributed by atoms with Gasteiger partial charge in [-0.3, -0.25) is 25.0 Å². The fourth-order valence-electron chi connectivity index (χ4n) is 10.5. The third kappa shape index (κ3) is 23.7. The largest absolute Gasteiger partial charge is 0.495 e. The number of sulfone groups is 2. The van der Waals surface area contributed by atoms with Gasteiger partial charge in [0.2, 0.25) is 21.8 Å². The van der Waals surface area contributed by atoms with E-state index in [9.17, 15) is 53.9 Å². The molecule has 34 nitrogen and oxygen atoms in total. The van der Waals surface area contributed by atoms with Gasteiger partial charge in [0.05, 0.1) is 86.2 Å². The molecule has 0 amide bonds. The van der Waals surface area contributed by atoms with E-state index in [-0.39, 0.29) is 53.1 Å². The lowest BCUT2D eigenvalue weighted by molar-refractivity contribution is -0.388. The van der Waals surface area contributed by atoms with E-state index < -0.39 is 69.8 Å². The highest BCUT2D eigenvalue weighted by atomic mass is 35.7. The summed E-state index contributed by atoms with van der Waals surface area (Å²) in [5.41, 5.74) is 16.0. The summed E-state index contributed by atoms with van der Waals surface area (Å²) in [4.78, 5) is 59.6. The molecular formula is C68H72Cl6N20O14S4. The highest BCUT2D eigenvalue weighted by Gasteiger charge is 2.30. The summed E-state index contributed by atoms with van der Waals surface area (Å²) in [5.74, 6) is 2.41. The fraction of sp³-hybridized carbons (Fsp3) is 0.235. The molecule has 0 spiro atoms. The van der Waals surface area contributed by atoms with E-state index in [1.54, 1.807) is 68.9 Å². The standard InChI is InChI=1S/C23H26N6O3S.C12H19N3O.C11H8ClN3O2S.C10H6Cl2N4O4S.C6H4ClNO4S.C4H3Cl2N3.C2H6/c1-28-9-11-29(12-10-28)17-7-8-18(20(13-17)32-2)26-23-24-14-16-15-33(30,31)21-6-4-3-5-19(21)25-22(16)27-23;1-14-5-7-15(8-6-14)10-3-4-11(13)12(9-10)16-2;12-11-13-5-7-6-18(16,17)9-4-2-1-3-8(9)14-10(7)15-11;11-9-6(5-13-10(12)14-9)15-21(19,20)8-4-2-1-3-7(8)16(17)18;7-13(11,12)6-4-2-1-3-5(6)8(9)10;5-3-2(7)1-8-4(6)9-3;1-2/h3-8,13-14H,9-12,15H2,1-2H3,(H2,24,25,26,27);3-4,9H,5-8,13H2,1-2H3;1-5H,6H2,(H,13,14,15);1-5,15H;1-4H;1H,7H2;1-2H3. The maximum Gasteiger partial charge on any atom is 0.289 e. The van der Waals surface area contributed by atoms with Crippen LogP contribution in [0.5, 0.6) is 11.5 Å². The Labute approximate surface area is 674 Å². The summed E-state index contributed by atoms with van der Waals surface area (Å²) in [6, 6.07) is 35.3. The van der Waals surface area contributed by atoms with Gasteiger partial charge in [0.25, 0.3) is 30.4 Å². The predicted molar refractivity (Wildman–Crippen MR) is 433 cm³/mol. The number of piperazine rings is 2. The maximum absolute atomic E-state index is 12.8. The number of nitrogen functional groups attached to an aromatic ring is 2. The molecule has 0 radical (unpaired) electrons. The molecule has 112 heavy (non-hydrogen) atoms. The Morgan fingerprint density at radius 3 is 1.42 bits per heavy atom. The third-order valence-corrected chi connectivity index (χ3v) is 23.5. The van der Waals surface area contributed by atoms with Gasteiger partial charge in [0.1, 0.15) is 28.8 Å². The van der Waals surface area contributed by atoms with Crippen molar-refractivity contribution in [2.75, 3.05) is 123 Å². The number of para-hydroxylation sites is 4. The number of fused-ring (bicyclic) bond motifs is 4. The topological polar surface area (TPSA) is 458 Å². The molecule has 0 aliphatic carbocycles. The van der Waals surface area contributed by atoms with Crippen molar-refractivity contribution in [3.8, 4) is 11.5 Å². The molecule has 0 saturated carbocycles. The SMILES string of the molecule is CC.COc1cc(N2CCN(C)CC2)ccc1N.COc1cc(N2CCN(C)CC2)ccc1Nc1ncc2c(n1)Nc1ccccc1S(=O)(=O)C2.Nc1cnc(Cl)nc1Cl.O=S1(=O)Cc2cnc(Cl)nc2Nc2ccccc21.O=[N+]([O-])c1ccccc1S(=O)(=O)Cl.O=[N+]([O-])c1ccccc1S(=O)(=O)Nc1cnc(Cl)nc1Cl. The molecule has 0 unspecified atom stereocenters. The number of anilines is 11. The minimum atomic E-state index is -4.22. The molecule has 2 fully saturated rings. The molecule has 6 aromatic carbocycles. The van der Waals surface area contributed by atoms with Crippen LogP contribution in [0.15, 0.2) is 178 Å². The van der Waals surface area contributed by atoms with Crippen LogP contribution in [0, 0.1) is 20.2 Å². The van der Waals surface area contributed by atoms with Crippen molar-refractivity contribution >= 4 is 182 Å². The molecule has 0 bridgehead atoms. The summed E-state index contributed by atoms with van der Waals surface area (Å²) in [6.45, 7) is 12.3. The average molecular weight is 1730 g/mol. The first-order valence-corrected chi connectivity index (χ1v) is 42.0. The normalized spacial score (nSPS) is 14.4. The van der Waals surface area contributed by atoms with Crippen LogP contribution < -0.4 is 51.4 Å². The summed E-state index contributed by atoms with van der Waals surface area (Å²) >= 11 is 27.8. The van der Waals surface area contributed by atoms with Crippen molar-refractivity contribution in [2.45, 2.75) is 44.9 Å². The highest BCUT2D eigenvalue weighted by molar-refractivity contribution is 8.13. The van der Waals surface area contributed by atoms with Gasteiger partial charge in [-0.25, -0.2) is 68.6 Å². The number of nitro groups is 2. The zero-order chi connectivity index (χ0) is 81.8. The molecule has 594 valence electrons. The monoisotopic (exact) mass is 1730 g/mol. The molecule has 44 heteroatoms. The molecule has 10 aromatic rings. The summed E-state index contributed by atoms with van der Waals surface area (Å²) in [6.07, 6.45) is 5.40. The van der Waals surface area contributed by atoms with Gasteiger partial charge in [-0.05, 0) is 110 Å². The van der Waals surface area contributed by atoms with E-state index in [0.717, 1.165) is 99.9 Å². The van der Waals surface area contributed by atoms with Gasteiger partial charge in [0, 0.05) is 122 Å². The number of likely N-dealkylation sites (N-methyl/N-ethyl adjacent to an activating group) is 2. The number of methoxy groups -OCH3 is 2. The third-order valence-electron chi connectivity index (χ3n) is 16.1. The van der Waals surface area contributed by atoms with E-state index in [1.807, 2.05) is 38.1 Å². The average Bonchev–Trinajstić information content (AvgIpc) is 1.67. The second-order valence-corrected chi connectivity index (χ2v) is 33.4. The van der Waals surface area contributed by atoms with E-state index in [2.05, 4.69) is 106 Å². The first-order chi connectivity index (χ1) is 53.1. The molecule has 14 rings (SSSR count). The molecule has 8 N–H and O–H groups in total. The van der Waals surface area contributed by atoms with Crippen LogP contribution in [-0.2, 0) is 50.3 Å². The Morgan fingerprint density at radius 2 is 0.938 bits per heavy atom. The van der Waals surface area contributed by atoms with Crippen LogP contribution in [0.25, 0.3) is 0 Å². The quantitative estimate of drug-likeness (QED) is 0.0165. The molecule has 0 atom stereocenters. The number of hydrogen-bond acceptors (Lipinski definition) is 31. The zero-order valence-corrected chi connectivity index (χ0v) is 67.9. The minimum absolute atomic E-state index is 0.0815. The summed E-state index contributed by atoms with van der Waals surface area (Å²) < 4.78 is 109. The molecule has 4 aromatic heterocycles. The van der Waals surface area contributed by atoms with Crippen LogP contribution in [0.3, 0.4) is 0 Å². The van der Waals surface area contributed by atoms with E-state index in [4.69, 9.17) is 89.6 Å². The zero-order valence-electron chi connectivity index (χ0n) is 60.1. The van der Waals surface area contributed by atoms with Crippen LogP contribution in [0.1, 0.15) is 25.0 Å². The van der Waals surface area contributed by atoms with Gasteiger partial charge >= 0.3 is 0 Å². The lowest BCUT2D eigenvalue weighted by atomic mass is 10.2. The van der Waals surface area contributed by atoms with Crippen LogP contribution in [0.4, 0.5) is 74.5 Å². The van der Waals surface area contributed by atoms with Crippen molar-refractivity contribution in [3.63, 3.8) is 0 Å². The Balaban J connectivity index is 0.000000176. The number of hydrogen-bond donors (Lipinski definition) is 6. The lowest BCUT2D eigenvalue weighted by Crippen LogP contribution is -2.44. The van der Waals surface area contributed by atoms with Gasteiger partial charge in [-0.1, -0.05) is 85.6 Å². The lowest BCUT2D eigenvalue weighted by Gasteiger charge is -2.34. The summed E-state index contributed by atoms with van der Waals surface area (Å²) in [5, 5.41) is 30.6.